The molecule has 0 aromatic carbocycles. The molecule has 0 saturated heterocycles. The van der Waals surface area contributed by atoms with Gasteiger partial charge in [-0.15, -0.1) is 0 Å². The highest BCUT2D eigenvalue weighted by Gasteiger charge is 2.06. The summed E-state index contributed by atoms with van der Waals surface area (Å²) in [5.74, 6) is -0.291. The zero-order chi connectivity index (χ0) is 21.4. The van der Waals surface area contributed by atoms with E-state index in [0.29, 0.717) is 38.9 Å². The number of ether oxygens (including phenoxy) is 2. The predicted octanol–water partition coefficient (Wildman–Crippen LogP) is 7.30. The van der Waals surface area contributed by atoms with Crippen molar-refractivity contribution in [3.8, 4) is 0 Å². The number of rotatable bonds is 21. The van der Waals surface area contributed by atoms with Crippen LogP contribution in [0.25, 0.3) is 0 Å². The summed E-state index contributed by atoms with van der Waals surface area (Å²) >= 11 is 0. The summed E-state index contributed by atoms with van der Waals surface area (Å²) in [7, 11) is 0. The molecule has 0 atom stereocenters. The first-order chi connectivity index (χ1) is 14.2. The summed E-state index contributed by atoms with van der Waals surface area (Å²) in [5.41, 5.74) is 0. The van der Waals surface area contributed by atoms with Gasteiger partial charge in [0.15, 0.2) is 0 Å². The first-order valence-corrected chi connectivity index (χ1v) is 12.2. The molecule has 0 aromatic heterocycles. The Labute approximate surface area is 179 Å². The molecule has 0 aliphatic carbocycles. The number of unbranched alkanes of at least 4 members (excludes halogenated alkanes) is 11. The Balaban J connectivity index is 3.28. The second-order valence-electron chi connectivity index (χ2n) is 7.85. The first kappa shape index (κ1) is 27.7. The number of hydrogen-bond acceptors (Lipinski definition) is 4. The highest BCUT2D eigenvalue weighted by Crippen LogP contribution is 2.10. The molecule has 0 bridgehead atoms. The molecular formula is C25H46O4. The number of carbonyl (C=O) groups excluding carboxylic acids is 2. The lowest BCUT2D eigenvalue weighted by Crippen LogP contribution is -2.08. The van der Waals surface area contributed by atoms with E-state index >= 15 is 0 Å². The van der Waals surface area contributed by atoms with Crippen molar-refractivity contribution in [2.75, 3.05) is 13.2 Å². The highest BCUT2D eigenvalue weighted by molar-refractivity contribution is 5.70. The van der Waals surface area contributed by atoms with Gasteiger partial charge in [0.05, 0.1) is 13.2 Å². The molecule has 0 saturated carbocycles. The van der Waals surface area contributed by atoms with Crippen molar-refractivity contribution in [2.24, 2.45) is 0 Å². The average molecular weight is 411 g/mol. The van der Waals surface area contributed by atoms with Gasteiger partial charge in [-0.05, 0) is 44.9 Å². The van der Waals surface area contributed by atoms with Crippen molar-refractivity contribution in [2.45, 2.75) is 123 Å². The van der Waals surface area contributed by atoms with E-state index in [4.69, 9.17) is 9.47 Å². The van der Waals surface area contributed by atoms with E-state index in [9.17, 15) is 9.59 Å². The third kappa shape index (κ3) is 22.8. The lowest BCUT2D eigenvalue weighted by atomic mass is 10.1. The molecule has 170 valence electrons. The van der Waals surface area contributed by atoms with Crippen LogP contribution in [0.15, 0.2) is 12.2 Å². The number of allylic oxidation sites excluding steroid dienone is 2. The minimum Gasteiger partial charge on any atom is -0.466 e. The molecule has 0 unspecified atom stereocenters. The summed E-state index contributed by atoms with van der Waals surface area (Å²) in [4.78, 5) is 23.2. The lowest BCUT2D eigenvalue weighted by Gasteiger charge is -2.06. The van der Waals surface area contributed by atoms with Gasteiger partial charge in [0.25, 0.3) is 0 Å². The summed E-state index contributed by atoms with van der Waals surface area (Å²) in [6, 6.07) is 0. The van der Waals surface area contributed by atoms with Gasteiger partial charge in [-0.25, -0.2) is 0 Å². The molecule has 0 rings (SSSR count). The Morgan fingerprint density at radius 1 is 0.586 bits per heavy atom. The maximum Gasteiger partial charge on any atom is 0.305 e. The molecule has 0 aromatic rings. The van der Waals surface area contributed by atoms with E-state index in [1.54, 1.807) is 0 Å². The van der Waals surface area contributed by atoms with Gasteiger partial charge in [-0.2, -0.15) is 0 Å². The van der Waals surface area contributed by atoms with E-state index in [1.807, 2.05) is 0 Å². The molecule has 0 fully saturated rings. The SMILES string of the molecule is CC/C=C/CCCCCCCCCCOC(=O)CCCCC(=O)OCCCCC. The molecule has 0 aliphatic heterocycles. The van der Waals surface area contributed by atoms with Gasteiger partial charge < -0.3 is 9.47 Å². The number of carbonyl (C=O) groups is 2. The third-order valence-electron chi connectivity index (χ3n) is 4.95. The summed E-state index contributed by atoms with van der Waals surface area (Å²) in [5, 5.41) is 0. The van der Waals surface area contributed by atoms with Crippen LogP contribution in [0.2, 0.25) is 0 Å². The van der Waals surface area contributed by atoms with Crippen molar-refractivity contribution >= 4 is 11.9 Å². The van der Waals surface area contributed by atoms with E-state index in [2.05, 4.69) is 26.0 Å². The van der Waals surface area contributed by atoms with Gasteiger partial charge in [0.2, 0.25) is 0 Å². The van der Waals surface area contributed by atoms with Gasteiger partial charge in [-0.1, -0.05) is 77.4 Å². The zero-order valence-electron chi connectivity index (χ0n) is 19.2. The Morgan fingerprint density at radius 3 is 1.59 bits per heavy atom. The fourth-order valence-electron chi connectivity index (χ4n) is 3.12. The Bertz CT molecular complexity index is 404. The molecule has 0 spiro atoms. The van der Waals surface area contributed by atoms with Crippen molar-refractivity contribution in [3.63, 3.8) is 0 Å². The van der Waals surface area contributed by atoms with Gasteiger partial charge >= 0.3 is 11.9 Å². The minimum atomic E-state index is -0.150. The monoisotopic (exact) mass is 410 g/mol. The van der Waals surface area contributed by atoms with Crippen molar-refractivity contribution < 1.29 is 19.1 Å². The standard InChI is InChI=1S/C25H46O4/c1-3-5-7-8-9-10-11-12-13-14-15-19-23-29-25(27)21-17-16-20-24(26)28-22-18-6-4-2/h5,7H,3-4,6,8-23H2,1-2H3/b7-5+. The predicted molar refractivity (Wildman–Crippen MR) is 121 cm³/mol. The van der Waals surface area contributed by atoms with Crippen LogP contribution in [0.5, 0.6) is 0 Å². The molecule has 0 N–H and O–H groups in total. The molecule has 4 nitrogen and oxygen atoms in total. The van der Waals surface area contributed by atoms with Crippen molar-refractivity contribution in [3.05, 3.63) is 12.2 Å². The van der Waals surface area contributed by atoms with Crippen LogP contribution in [0.1, 0.15) is 123 Å². The normalized spacial score (nSPS) is 11.1. The largest absolute Gasteiger partial charge is 0.466 e. The van der Waals surface area contributed by atoms with Gasteiger partial charge in [0, 0.05) is 12.8 Å². The minimum absolute atomic E-state index is 0.140. The molecular weight excluding hydrogens is 364 g/mol. The smallest absolute Gasteiger partial charge is 0.305 e. The van der Waals surface area contributed by atoms with Crippen LogP contribution in [-0.2, 0) is 19.1 Å². The molecule has 4 heteroatoms. The van der Waals surface area contributed by atoms with Crippen LogP contribution in [-0.4, -0.2) is 25.2 Å². The van der Waals surface area contributed by atoms with Crippen LogP contribution in [0.3, 0.4) is 0 Å². The molecule has 0 aliphatic rings. The van der Waals surface area contributed by atoms with Crippen LogP contribution in [0.4, 0.5) is 0 Å². The van der Waals surface area contributed by atoms with Crippen LogP contribution in [0, 0.1) is 0 Å². The molecule has 29 heavy (non-hydrogen) atoms. The number of hydrogen-bond donors (Lipinski definition) is 0. The van der Waals surface area contributed by atoms with Crippen molar-refractivity contribution in [1.82, 2.24) is 0 Å². The quantitative estimate of drug-likeness (QED) is 0.113. The maximum absolute atomic E-state index is 11.7. The summed E-state index contributed by atoms with van der Waals surface area (Å²) in [6.07, 6.45) is 22.2. The van der Waals surface area contributed by atoms with E-state index in [0.717, 1.165) is 38.5 Å². The Hall–Kier alpha value is -1.32. The lowest BCUT2D eigenvalue weighted by molar-refractivity contribution is -0.146. The maximum atomic E-state index is 11.7. The first-order valence-electron chi connectivity index (χ1n) is 12.2. The fourth-order valence-corrected chi connectivity index (χ4v) is 3.12. The zero-order valence-corrected chi connectivity index (χ0v) is 19.2. The van der Waals surface area contributed by atoms with E-state index < -0.39 is 0 Å². The second kappa shape index (κ2) is 23.0. The van der Waals surface area contributed by atoms with Gasteiger partial charge in [0.1, 0.15) is 0 Å². The topological polar surface area (TPSA) is 52.6 Å². The summed E-state index contributed by atoms with van der Waals surface area (Å²) < 4.78 is 10.4. The van der Waals surface area contributed by atoms with Crippen LogP contribution < -0.4 is 0 Å². The fraction of sp³-hybridized carbons (Fsp3) is 0.840. The Morgan fingerprint density at radius 2 is 1.07 bits per heavy atom. The van der Waals surface area contributed by atoms with Gasteiger partial charge in [-0.3, -0.25) is 9.59 Å². The van der Waals surface area contributed by atoms with E-state index in [-0.39, 0.29) is 11.9 Å². The third-order valence-corrected chi connectivity index (χ3v) is 4.95. The van der Waals surface area contributed by atoms with Crippen LogP contribution >= 0.6 is 0 Å². The molecule has 0 heterocycles. The number of esters is 2. The summed E-state index contributed by atoms with van der Waals surface area (Å²) in [6.45, 7) is 5.35. The highest BCUT2D eigenvalue weighted by atomic mass is 16.5. The Kier molecular flexibility index (Phi) is 21.9. The van der Waals surface area contributed by atoms with E-state index in [1.165, 1.54) is 44.9 Å². The molecule has 0 amide bonds. The molecule has 0 radical (unpaired) electrons. The average Bonchev–Trinajstić information content (AvgIpc) is 2.72. The van der Waals surface area contributed by atoms with Crippen molar-refractivity contribution in [1.29, 1.82) is 0 Å². The second-order valence-corrected chi connectivity index (χ2v) is 7.85.